The van der Waals surface area contributed by atoms with E-state index in [1.54, 1.807) is 12.1 Å². The number of aliphatic hydroxyl groups is 1. The molecule has 0 spiro atoms. The molecule has 2 nitrogen and oxygen atoms in total. The van der Waals surface area contributed by atoms with Crippen LogP contribution in [0.4, 0.5) is 4.39 Å². The molecule has 0 aliphatic heterocycles. The zero-order valence-corrected chi connectivity index (χ0v) is 11.1. The van der Waals surface area contributed by atoms with Crippen LogP contribution in [0.15, 0.2) is 53.0 Å². The fourth-order valence-electron chi connectivity index (χ4n) is 1.51. The Hall–Kier alpha value is -1.39. The lowest BCUT2D eigenvalue weighted by Gasteiger charge is -2.13. The molecule has 1 atom stereocenters. The Morgan fingerprint density at radius 2 is 1.78 bits per heavy atom. The Bertz CT molecular complexity index is 513. The second-order valence-electron chi connectivity index (χ2n) is 3.81. The first kappa shape index (κ1) is 13.1. The molecular formula is C14H12BrFO2. The van der Waals surface area contributed by atoms with Crippen molar-refractivity contribution in [3.05, 3.63) is 64.4 Å². The van der Waals surface area contributed by atoms with Crippen molar-refractivity contribution >= 4 is 15.9 Å². The third-order valence-corrected chi connectivity index (χ3v) is 3.14. The molecule has 0 saturated carbocycles. The van der Waals surface area contributed by atoms with Crippen LogP contribution in [0, 0.1) is 5.82 Å². The number of rotatable bonds is 4. The Morgan fingerprint density at radius 3 is 2.44 bits per heavy atom. The standard InChI is InChI=1S/C14H12BrFO2/c15-12-3-1-2-4-14(12)18-9-13(17)10-5-7-11(16)8-6-10/h1-8,13,17H,9H2. The predicted octanol–water partition coefficient (Wildman–Crippen LogP) is 3.70. The first-order valence-corrected chi connectivity index (χ1v) is 6.27. The van der Waals surface area contributed by atoms with Crippen molar-refractivity contribution < 1.29 is 14.2 Å². The van der Waals surface area contributed by atoms with E-state index in [4.69, 9.17) is 4.74 Å². The van der Waals surface area contributed by atoms with Crippen molar-refractivity contribution in [1.29, 1.82) is 0 Å². The highest BCUT2D eigenvalue weighted by atomic mass is 79.9. The highest BCUT2D eigenvalue weighted by Gasteiger charge is 2.09. The zero-order chi connectivity index (χ0) is 13.0. The maximum absolute atomic E-state index is 12.7. The van der Waals surface area contributed by atoms with Crippen LogP contribution in [0.25, 0.3) is 0 Å². The summed E-state index contributed by atoms with van der Waals surface area (Å²) in [6, 6.07) is 13.1. The van der Waals surface area contributed by atoms with Crippen LogP contribution < -0.4 is 4.74 Å². The zero-order valence-electron chi connectivity index (χ0n) is 9.51. The molecule has 0 bridgehead atoms. The fourth-order valence-corrected chi connectivity index (χ4v) is 1.91. The van der Waals surface area contributed by atoms with E-state index in [0.29, 0.717) is 11.3 Å². The minimum atomic E-state index is -0.780. The maximum atomic E-state index is 12.7. The van der Waals surface area contributed by atoms with E-state index in [1.165, 1.54) is 12.1 Å². The number of hydrogen-bond donors (Lipinski definition) is 1. The minimum absolute atomic E-state index is 0.119. The van der Waals surface area contributed by atoms with Crippen LogP contribution in [-0.4, -0.2) is 11.7 Å². The summed E-state index contributed by atoms with van der Waals surface area (Å²) in [6.45, 7) is 0.119. The number of hydrogen-bond acceptors (Lipinski definition) is 2. The minimum Gasteiger partial charge on any atom is -0.489 e. The molecule has 0 radical (unpaired) electrons. The van der Waals surface area contributed by atoms with Gasteiger partial charge in [-0.25, -0.2) is 4.39 Å². The van der Waals surface area contributed by atoms with Crippen LogP contribution in [0.1, 0.15) is 11.7 Å². The van der Waals surface area contributed by atoms with Gasteiger partial charge in [-0.3, -0.25) is 0 Å². The molecular weight excluding hydrogens is 299 g/mol. The normalized spacial score (nSPS) is 12.2. The van der Waals surface area contributed by atoms with Gasteiger partial charge in [0.1, 0.15) is 24.3 Å². The molecule has 0 amide bonds. The van der Waals surface area contributed by atoms with Gasteiger partial charge >= 0.3 is 0 Å². The van der Waals surface area contributed by atoms with Gasteiger partial charge in [-0.2, -0.15) is 0 Å². The third-order valence-electron chi connectivity index (χ3n) is 2.49. The van der Waals surface area contributed by atoms with Crippen molar-refractivity contribution in [3.8, 4) is 5.75 Å². The molecule has 2 aromatic rings. The van der Waals surface area contributed by atoms with E-state index in [1.807, 2.05) is 24.3 Å². The molecule has 0 saturated heterocycles. The molecule has 0 aliphatic rings. The van der Waals surface area contributed by atoms with Gasteiger partial charge < -0.3 is 9.84 Å². The topological polar surface area (TPSA) is 29.5 Å². The van der Waals surface area contributed by atoms with Crippen LogP contribution in [-0.2, 0) is 0 Å². The smallest absolute Gasteiger partial charge is 0.133 e. The van der Waals surface area contributed by atoms with Gasteiger partial charge in [0, 0.05) is 0 Å². The van der Waals surface area contributed by atoms with Gasteiger partial charge in [-0.05, 0) is 45.8 Å². The monoisotopic (exact) mass is 310 g/mol. The van der Waals surface area contributed by atoms with Gasteiger partial charge in [0.25, 0.3) is 0 Å². The fraction of sp³-hybridized carbons (Fsp3) is 0.143. The molecule has 94 valence electrons. The molecule has 18 heavy (non-hydrogen) atoms. The maximum Gasteiger partial charge on any atom is 0.133 e. The quantitative estimate of drug-likeness (QED) is 0.933. The molecule has 1 N–H and O–H groups in total. The summed E-state index contributed by atoms with van der Waals surface area (Å²) in [6.07, 6.45) is -0.780. The van der Waals surface area contributed by atoms with Crippen molar-refractivity contribution in [2.75, 3.05) is 6.61 Å². The lowest BCUT2D eigenvalue weighted by atomic mass is 10.1. The Labute approximate surface area is 113 Å². The van der Waals surface area contributed by atoms with Gasteiger partial charge in [0.2, 0.25) is 0 Å². The summed E-state index contributed by atoms with van der Waals surface area (Å²) in [5.74, 6) is 0.344. The van der Waals surface area contributed by atoms with Crippen molar-refractivity contribution in [1.82, 2.24) is 0 Å². The van der Waals surface area contributed by atoms with Crippen LogP contribution in [0.2, 0.25) is 0 Å². The summed E-state index contributed by atoms with van der Waals surface area (Å²) in [5, 5.41) is 9.90. The highest BCUT2D eigenvalue weighted by molar-refractivity contribution is 9.10. The second-order valence-corrected chi connectivity index (χ2v) is 4.66. The summed E-state index contributed by atoms with van der Waals surface area (Å²) in [7, 11) is 0. The molecule has 0 fully saturated rings. The predicted molar refractivity (Wildman–Crippen MR) is 71.0 cm³/mol. The van der Waals surface area contributed by atoms with Crippen LogP contribution >= 0.6 is 15.9 Å². The van der Waals surface area contributed by atoms with Gasteiger partial charge in [0.15, 0.2) is 0 Å². The molecule has 0 heterocycles. The SMILES string of the molecule is OC(COc1ccccc1Br)c1ccc(F)cc1. The van der Waals surface area contributed by atoms with E-state index in [0.717, 1.165) is 4.47 Å². The van der Waals surface area contributed by atoms with Crippen molar-refractivity contribution in [3.63, 3.8) is 0 Å². The second kappa shape index (κ2) is 5.98. The summed E-state index contributed by atoms with van der Waals surface area (Å²) < 4.78 is 19.1. The number of aliphatic hydroxyl groups excluding tert-OH is 1. The first-order valence-electron chi connectivity index (χ1n) is 5.47. The Morgan fingerprint density at radius 1 is 1.11 bits per heavy atom. The van der Waals surface area contributed by atoms with E-state index in [-0.39, 0.29) is 12.4 Å². The molecule has 2 rings (SSSR count). The third kappa shape index (κ3) is 3.31. The lowest BCUT2D eigenvalue weighted by Crippen LogP contribution is -2.09. The van der Waals surface area contributed by atoms with Crippen LogP contribution in [0.3, 0.4) is 0 Å². The highest BCUT2D eigenvalue weighted by Crippen LogP contribution is 2.25. The van der Waals surface area contributed by atoms with Crippen LogP contribution in [0.5, 0.6) is 5.75 Å². The molecule has 2 aromatic carbocycles. The summed E-state index contributed by atoms with van der Waals surface area (Å²) >= 11 is 3.36. The Balaban J connectivity index is 1.98. The molecule has 4 heteroatoms. The summed E-state index contributed by atoms with van der Waals surface area (Å²) in [4.78, 5) is 0. The van der Waals surface area contributed by atoms with Crippen molar-refractivity contribution in [2.24, 2.45) is 0 Å². The summed E-state index contributed by atoms with van der Waals surface area (Å²) in [5.41, 5.74) is 0.628. The average Bonchev–Trinajstić information content (AvgIpc) is 2.38. The Kier molecular flexibility index (Phi) is 4.33. The largest absolute Gasteiger partial charge is 0.489 e. The van der Waals surface area contributed by atoms with E-state index in [9.17, 15) is 9.50 Å². The number of benzene rings is 2. The molecule has 1 unspecified atom stereocenters. The number of para-hydroxylation sites is 1. The van der Waals surface area contributed by atoms with Gasteiger partial charge in [-0.15, -0.1) is 0 Å². The lowest BCUT2D eigenvalue weighted by molar-refractivity contribution is 0.107. The van der Waals surface area contributed by atoms with E-state index >= 15 is 0 Å². The van der Waals surface area contributed by atoms with E-state index in [2.05, 4.69) is 15.9 Å². The van der Waals surface area contributed by atoms with E-state index < -0.39 is 6.10 Å². The number of ether oxygens (including phenoxy) is 1. The first-order chi connectivity index (χ1) is 8.66. The molecule has 0 aromatic heterocycles. The van der Waals surface area contributed by atoms with Gasteiger partial charge in [0.05, 0.1) is 4.47 Å². The average molecular weight is 311 g/mol. The van der Waals surface area contributed by atoms with Crippen molar-refractivity contribution in [2.45, 2.75) is 6.10 Å². The van der Waals surface area contributed by atoms with Gasteiger partial charge in [-0.1, -0.05) is 24.3 Å². The number of halogens is 2. The molecule has 0 aliphatic carbocycles.